The summed E-state index contributed by atoms with van der Waals surface area (Å²) in [6.45, 7) is 0.371. The molecule has 0 aliphatic heterocycles. The largest absolute Gasteiger partial charge is 0.497 e. The molecule has 0 spiro atoms. The number of carbonyl (C=O) groups excluding carboxylic acids is 2. The van der Waals surface area contributed by atoms with Crippen molar-refractivity contribution in [1.29, 1.82) is 0 Å². The summed E-state index contributed by atoms with van der Waals surface area (Å²) < 4.78 is 8.97. The van der Waals surface area contributed by atoms with E-state index in [9.17, 15) is 9.59 Å². The van der Waals surface area contributed by atoms with Gasteiger partial charge in [0.25, 0.3) is 5.91 Å². The van der Waals surface area contributed by atoms with Crippen molar-refractivity contribution < 1.29 is 14.3 Å². The molecule has 2 amide bonds. The number of amides is 2. The van der Waals surface area contributed by atoms with Gasteiger partial charge < -0.3 is 15.0 Å². The summed E-state index contributed by atoms with van der Waals surface area (Å²) in [4.78, 5) is 28.8. The summed E-state index contributed by atoms with van der Waals surface area (Å²) in [5.74, 6) is 0.310. The van der Waals surface area contributed by atoms with Crippen molar-refractivity contribution in [2.45, 2.75) is 31.5 Å². The van der Waals surface area contributed by atoms with Crippen molar-refractivity contribution in [3.8, 4) is 5.75 Å². The molecule has 1 aliphatic carbocycles. The second-order valence-corrected chi connectivity index (χ2v) is 8.31. The molecule has 1 N–H and O–H groups in total. The fourth-order valence-corrected chi connectivity index (χ4v) is 4.36. The average molecular weight is 429 g/mol. The molecular formula is C20H20N4O3S2. The molecule has 1 saturated carbocycles. The number of hydrogen-bond acceptors (Lipinski definition) is 7. The minimum absolute atomic E-state index is 0.0445. The summed E-state index contributed by atoms with van der Waals surface area (Å²) in [7, 11) is 1.61. The van der Waals surface area contributed by atoms with Gasteiger partial charge in [-0.2, -0.15) is 0 Å². The van der Waals surface area contributed by atoms with Gasteiger partial charge in [0, 0.05) is 22.8 Å². The van der Waals surface area contributed by atoms with Gasteiger partial charge in [0.1, 0.15) is 11.8 Å². The molecule has 0 saturated heterocycles. The van der Waals surface area contributed by atoms with Crippen LogP contribution in [0.25, 0.3) is 0 Å². The Morgan fingerprint density at radius 2 is 2.07 bits per heavy atom. The molecule has 9 heteroatoms. The van der Waals surface area contributed by atoms with Crippen molar-refractivity contribution >= 4 is 34.7 Å². The van der Waals surface area contributed by atoms with Gasteiger partial charge in [0.15, 0.2) is 5.69 Å². The van der Waals surface area contributed by atoms with Crippen LogP contribution in [0.3, 0.4) is 0 Å². The Kier molecular flexibility index (Phi) is 5.86. The number of benzene rings is 1. The standard InChI is InChI=1S/C20H20N4O3S2/c1-27-15-8-4-13(5-9-15)11-21-19(25)18(17-3-2-10-28-17)24(14-6-7-14)20(26)16-12-29-23-22-16/h2-5,8-10,12,14,18H,6-7,11H2,1H3,(H,21,25)/t18-/m1/s1. The van der Waals surface area contributed by atoms with E-state index in [1.807, 2.05) is 41.8 Å². The Balaban J connectivity index is 1.55. The maximum absolute atomic E-state index is 13.2. The molecule has 1 fully saturated rings. The van der Waals surface area contributed by atoms with E-state index in [2.05, 4.69) is 14.9 Å². The number of carbonyl (C=O) groups is 2. The van der Waals surface area contributed by atoms with E-state index >= 15 is 0 Å². The molecular weight excluding hydrogens is 408 g/mol. The molecule has 1 aromatic carbocycles. The van der Waals surface area contributed by atoms with Crippen molar-refractivity contribution in [1.82, 2.24) is 19.8 Å². The van der Waals surface area contributed by atoms with Gasteiger partial charge in [-0.05, 0) is 53.5 Å². The predicted molar refractivity (Wildman–Crippen MR) is 111 cm³/mol. The monoisotopic (exact) mass is 428 g/mol. The Morgan fingerprint density at radius 1 is 1.28 bits per heavy atom. The number of ether oxygens (including phenoxy) is 1. The number of rotatable bonds is 8. The number of thiophene rings is 1. The third kappa shape index (κ3) is 4.46. The zero-order valence-corrected chi connectivity index (χ0v) is 17.4. The summed E-state index contributed by atoms with van der Waals surface area (Å²) in [5, 5.41) is 10.4. The van der Waals surface area contributed by atoms with E-state index < -0.39 is 6.04 Å². The van der Waals surface area contributed by atoms with Crippen molar-refractivity contribution in [3.05, 3.63) is 63.3 Å². The molecule has 2 aromatic heterocycles. The average Bonchev–Trinajstić information content (AvgIpc) is 3.21. The fourth-order valence-electron chi connectivity index (χ4n) is 3.11. The lowest BCUT2D eigenvalue weighted by Crippen LogP contribution is -2.44. The van der Waals surface area contributed by atoms with Gasteiger partial charge >= 0.3 is 0 Å². The fraction of sp³-hybridized carbons (Fsp3) is 0.300. The number of hydrogen-bond donors (Lipinski definition) is 1. The lowest BCUT2D eigenvalue weighted by Gasteiger charge is -2.30. The molecule has 1 atom stereocenters. The smallest absolute Gasteiger partial charge is 0.276 e. The van der Waals surface area contributed by atoms with E-state index in [0.29, 0.717) is 6.54 Å². The van der Waals surface area contributed by atoms with Crippen LogP contribution in [0.1, 0.15) is 39.8 Å². The number of methoxy groups -OCH3 is 1. The molecule has 0 bridgehead atoms. The van der Waals surface area contributed by atoms with Crippen LogP contribution >= 0.6 is 22.9 Å². The molecule has 0 radical (unpaired) electrons. The Bertz CT molecular complexity index is 954. The van der Waals surface area contributed by atoms with Crippen LogP contribution in [0.4, 0.5) is 0 Å². The highest BCUT2D eigenvalue weighted by atomic mass is 32.1. The van der Waals surface area contributed by atoms with Crippen LogP contribution in [0.15, 0.2) is 47.2 Å². The lowest BCUT2D eigenvalue weighted by molar-refractivity contribution is -0.126. The van der Waals surface area contributed by atoms with E-state index in [-0.39, 0.29) is 23.6 Å². The topological polar surface area (TPSA) is 84.4 Å². The van der Waals surface area contributed by atoms with Crippen LogP contribution in [0, 0.1) is 0 Å². The maximum Gasteiger partial charge on any atom is 0.276 e. The van der Waals surface area contributed by atoms with E-state index in [0.717, 1.165) is 40.6 Å². The minimum atomic E-state index is -0.685. The molecule has 2 heterocycles. The van der Waals surface area contributed by atoms with Gasteiger partial charge in [0.05, 0.1) is 7.11 Å². The first kappa shape index (κ1) is 19.5. The molecule has 7 nitrogen and oxygen atoms in total. The second-order valence-electron chi connectivity index (χ2n) is 6.72. The first-order chi connectivity index (χ1) is 14.2. The highest BCUT2D eigenvalue weighted by Gasteiger charge is 2.42. The lowest BCUT2D eigenvalue weighted by atomic mass is 10.1. The van der Waals surface area contributed by atoms with Gasteiger partial charge in [0.2, 0.25) is 5.91 Å². The predicted octanol–water partition coefficient (Wildman–Crippen LogP) is 3.27. The van der Waals surface area contributed by atoms with Crippen molar-refractivity contribution in [2.75, 3.05) is 7.11 Å². The quantitative estimate of drug-likeness (QED) is 0.595. The van der Waals surface area contributed by atoms with Gasteiger partial charge in [-0.1, -0.05) is 22.7 Å². The SMILES string of the molecule is COc1ccc(CNC(=O)[C@@H](c2cccs2)N(C(=O)c2csnn2)C2CC2)cc1. The third-order valence-corrected chi connectivity index (χ3v) is 6.15. The molecule has 150 valence electrons. The Hall–Kier alpha value is -2.78. The molecule has 29 heavy (non-hydrogen) atoms. The van der Waals surface area contributed by atoms with E-state index in [4.69, 9.17) is 4.74 Å². The number of aromatic nitrogens is 2. The van der Waals surface area contributed by atoms with Gasteiger partial charge in [-0.15, -0.1) is 16.4 Å². The maximum atomic E-state index is 13.2. The number of nitrogens with zero attached hydrogens (tertiary/aromatic N) is 3. The Labute approximate surface area is 176 Å². The number of nitrogens with one attached hydrogen (secondary N) is 1. The van der Waals surface area contributed by atoms with Crippen molar-refractivity contribution in [3.63, 3.8) is 0 Å². The van der Waals surface area contributed by atoms with Crippen LogP contribution in [-0.4, -0.2) is 39.5 Å². The molecule has 4 rings (SSSR count). The molecule has 0 unspecified atom stereocenters. The highest BCUT2D eigenvalue weighted by molar-refractivity contribution is 7.10. The first-order valence-electron chi connectivity index (χ1n) is 9.21. The van der Waals surface area contributed by atoms with Crippen molar-refractivity contribution in [2.24, 2.45) is 0 Å². The zero-order chi connectivity index (χ0) is 20.2. The van der Waals surface area contributed by atoms with Crippen LogP contribution in [-0.2, 0) is 11.3 Å². The molecule has 1 aliphatic rings. The summed E-state index contributed by atoms with van der Waals surface area (Å²) in [6, 6.07) is 10.7. The summed E-state index contributed by atoms with van der Waals surface area (Å²) in [6.07, 6.45) is 1.77. The minimum Gasteiger partial charge on any atom is -0.497 e. The summed E-state index contributed by atoms with van der Waals surface area (Å²) in [5.41, 5.74) is 1.24. The van der Waals surface area contributed by atoms with E-state index in [1.165, 1.54) is 11.3 Å². The van der Waals surface area contributed by atoms with E-state index in [1.54, 1.807) is 17.4 Å². The second kappa shape index (κ2) is 8.71. The van der Waals surface area contributed by atoms with Crippen LogP contribution in [0.5, 0.6) is 5.75 Å². The van der Waals surface area contributed by atoms with Crippen LogP contribution in [0.2, 0.25) is 0 Å². The zero-order valence-electron chi connectivity index (χ0n) is 15.8. The van der Waals surface area contributed by atoms with Gasteiger partial charge in [-0.25, -0.2) is 0 Å². The Morgan fingerprint density at radius 3 is 2.66 bits per heavy atom. The summed E-state index contributed by atoms with van der Waals surface area (Å²) >= 11 is 2.60. The van der Waals surface area contributed by atoms with Crippen LogP contribution < -0.4 is 10.1 Å². The van der Waals surface area contributed by atoms with Gasteiger partial charge in [-0.3, -0.25) is 9.59 Å². The molecule has 3 aromatic rings. The normalized spacial score (nSPS) is 14.2. The third-order valence-electron chi connectivity index (χ3n) is 4.72. The first-order valence-corrected chi connectivity index (χ1v) is 10.9. The highest BCUT2D eigenvalue weighted by Crippen LogP contribution is 2.37.